The lowest BCUT2D eigenvalue weighted by molar-refractivity contribution is 0.388. The molecule has 3 N–H and O–H groups in total. The molecule has 0 heterocycles. The van der Waals surface area contributed by atoms with Gasteiger partial charge in [-0.3, -0.25) is 0 Å². The number of methoxy groups -OCH3 is 1. The average Bonchev–Trinajstić information content (AvgIpc) is 2.86. The maximum absolute atomic E-state index is 13.1. The Labute approximate surface area is 194 Å². The maximum atomic E-state index is 13.1. The molecule has 0 aromatic heterocycles. The standard InChI is InChI=1S/C27H23NO4S/c1-32-18-11-13-19(14-12-18)33(31)28-24-16-23(27(30)22-9-5-4-8-21(22)24)26-20-7-3-2-6-17(20)10-15-25(26)29/h2-9,11-14,16,28-30H,10,15H2,1H3. The van der Waals surface area contributed by atoms with Gasteiger partial charge in [-0.05, 0) is 47.9 Å². The summed E-state index contributed by atoms with van der Waals surface area (Å²) in [6.45, 7) is 0. The number of benzene rings is 4. The van der Waals surface area contributed by atoms with E-state index in [2.05, 4.69) is 4.72 Å². The lowest BCUT2D eigenvalue weighted by Gasteiger charge is -2.23. The summed E-state index contributed by atoms with van der Waals surface area (Å²) in [5, 5.41) is 23.4. The molecule has 4 aromatic rings. The smallest absolute Gasteiger partial charge is 0.150 e. The van der Waals surface area contributed by atoms with Crippen molar-refractivity contribution in [3.63, 3.8) is 0 Å². The van der Waals surface area contributed by atoms with Crippen LogP contribution in [0.15, 0.2) is 89.5 Å². The molecule has 1 unspecified atom stereocenters. The van der Waals surface area contributed by atoms with Gasteiger partial charge < -0.3 is 19.7 Å². The number of phenolic OH excluding ortho intramolecular Hbond substituents is 1. The molecule has 0 radical (unpaired) electrons. The Kier molecular flexibility index (Phi) is 5.52. The van der Waals surface area contributed by atoms with Gasteiger partial charge in [-0.1, -0.05) is 48.5 Å². The highest BCUT2D eigenvalue weighted by Crippen LogP contribution is 2.44. The summed E-state index contributed by atoms with van der Waals surface area (Å²) in [6, 6.07) is 24.1. The lowest BCUT2D eigenvalue weighted by atomic mass is 9.84. The molecule has 1 aliphatic rings. The number of nitrogens with one attached hydrogen (secondary N) is 1. The fourth-order valence-corrected chi connectivity index (χ4v) is 5.18. The predicted octanol–water partition coefficient (Wildman–Crippen LogP) is 5.95. The first-order valence-electron chi connectivity index (χ1n) is 10.6. The van der Waals surface area contributed by atoms with Gasteiger partial charge in [-0.15, -0.1) is 0 Å². The van der Waals surface area contributed by atoms with Gasteiger partial charge in [0.1, 0.15) is 28.2 Å². The monoisotopic (exact) mass is 457 g/mol. The Hall–Kier alpha value is -3.77. The predicted molar refractivity (Wildman–Crippen MR) is 132 cm³/mol. The second-order valence-electron chi connectivity index (χ2n) is 7.89. The van der Waals surface area contributed by atoms with Gasteiger partial charge in [0.25, 0.3) is 0 Å². The van der Waals surface area contributed by atoms with Gasteiger partial charge in [0.2, 0.25) is 0 Å². The summed E-state index contributed by atoms with van der Waals surface area (Å²) in [5.74, 6) is 1.01. The number of hydrogen-bond acceptors (Lipinski definition) is 4. The number of ether oxygens (including phenoxy) is 1. The van der Waals surface area contributed by atoms with E-state index >= 15 is 0 Å². The van der Waals surface area contributed by atoms with E-state index in [1.165, 1.54) is 0 Å². The molecule has 5 rings (SSSR count). The van der Waals surface area contributed by atoms with Gasteiger partial charge in [0.15, 0.2) is 0 Å². The molecule has 4 aromatic carbocycles. The van der Waals surface area contributed by atoms with E-state index in [9.17, 15) is 14.4 Å². The number of fused-ring (bicyclic) bond motifs is 2. The Bertz CT molecular complexity index is 1410. The number of aryl methyl sites for hydroxylation is 1. The Morgan fingerprint density at radius 2 is 1.55 bits per heavy atom. The first-order chi connectivity index (χ1) is 16.1. The van der Waals surface area contributed by atoms with Gasteiger partial charge in [-0.2, -0.15) is 0 Å². The zero-order chi connectivity index (χ0) is 22.9. The van der Waals surface area contributed by atoms with E-state index in [0.717, 1.165) is 22.9 Å². The van der Waals surface area contributed by atoms with E-state index in [4.69, 9.17) is 4.74 Å². The largest absolute Gasteiger partial charge is 0.512 e. The van der Waals surface area contributed by atoms with Gasteiger partial charge >= 0.3 is 0 Å². The number of phenols is 1. The molecule has 5 nitrogen and oxygen atoms in total. The minimum absolute atomic E-state index is 0.0876. The van der Waals surface area contributed by atoms with Gasteiger partial charge in [0, 0.05) is 28.3 Å². The number of hydrogen-bond donors (Lipinski definition) is 3. The van der Waals surface area contributed by atoms with Gasteiger partial charge in [0.05, 0.1) is 17.7 Å². The lowest BCUT2D eigenvalue weighted by Crippen LogP contribution is -2.08. The highest BCUT2D eigenvalue weighted by atomic mass is 32.2. The van der Waals surface area contributed by atoms with Crippen LogP contribution in [-0.4, -0.2) is 21.5 Å². The molecule has 1 aliphatic carbocycles. The minimum atomic E-state index is -1.54. The molecule has 0 amide bonds. The number of allylic oxidation sites excluding steroid dienone is 1. The molecule has 6 heteroatoms. The SMILES string of the molecule is COc1ccc(S(=O)Nc2cc(C3=C(O)CCc4ccccc43)c(O)c3ccccc23)cc1. The summed E-state index contributed by atoms with van der Waals surface area (Å²) in [4.78, 5) is 0.597. The first kappa shape index (κ1) is 21.1. The van der Waals surface area contributed by atoms with Crippen molar-refractivity contribution in [2.45, 2.75) is 17.7 Å². The number of anilines is 1. The van der Waals surface area contributed by atoms with Crippen molar-refractivity contribution < 1.29 is 19.2 Å². The van der Waals surface area contributed by atoms with E-state index in [-0.39, 0.29) is 11.5 Å². The summed E-state index contributed by atoms with van der Waals surface area (Å²) in [7, 11) is 0.0450. The fraction of sp³-hybridized carbons (Fsp3) is 0.111. The van der Waals surface area contributed by atoms with E-state index in [0.29, 0.717) is 39.3 Å². The normalized spacial score (nSPS) is 14.1. The van der Waals surface area contributed by atoms with E-state index in [1.54, 1.807) is 37.4 Å². The van der Waals surface area contributed by atoms with Crippen molar-refractivity contribution in [2.24, 2.45) is 0 Å². The molecule has 0 bridgehead atoms. The Morgan fingerprint density at radius 1 is 0.848 bits per heavy atom. The van der Waals surface area contributed by atoms with Crippen LogP contribution in [0.25, 0.3) is 16.3 Å². The third-order valence-electron chi connectivity index (χ3n) is 5.97. The summed E-state index contributed by atoms with van der Waals surface area (Å²) in [6.07, 6.45) is 1.24. The second kappa shape index (κ2) is 8.64. The zero-order valence-electron chi connectivity index (χ0n) is 18.0. The van der Waals surface area contributed by atoms with E-state index < -0.39 is 11.0 Å². The van der Waals surface area contributed by atoms with Crippen LogP contribution in [0.2, 0.25) is 0 Å². The Balaban J connectivity index is 1.65. The maximum Gasteiger partial charge on any atom is 0.150 e. The van der Waals surface area contributed by atoms with Crippen molar-refractivity contribution in [1.29, 1.82) is 0 Å². The van der Waals surface area contributed by atoms with Crippen LogP contribution >= 0.6 is 0 Å². The highest BCUT2D eigenvalue weighted by Gasteiger charge is 2.24. The Morgan fingerprint density at radius 3 is 2.30 bits per heavy atom. The average molecular weight is 458 g/mol. The molecule has 33 heavy (non-hydrogen) atoms. The third kappa shape index (κ3) is 3.83. The molecular formula is C27H23NO4S. The summed E-state index contributed by atoms with van der Waals surface area (Å²) in [5.41, 5.74) is 3.74. The molecule has 0 aliphatic heterocycles. The van der Waals surface area contributed by atoms with Crippen LogP contribution in [0, 0.1) is 0 Å². The molecule has 1 atom stereocenters. The van der Waals surface area contributed by atoms with Crippen molar-refractivity contribution in [2.75, 3.05) is 11.8 Å². The summed E-state index contributed by atoms with van der Waals surface area (Å²) >= 11 is 0. The molecule has 0 saturated heterocycles. The topological polar surface area (TPSA) is 78.8 Å². The number of aliphatic hydroxyl groups is 1. The number of aliphatic hydroxyl groups excluding tert-OH is 1. The van der Waals surface area contributed by atoms with Gasteiger partial charge in [-0.25, -0.2) is 4.21 Å². The molecular weight excluding hydrogens is 434 g/mol. The van der Waals surface area contributed by atoms with Crippen LogP contribution in [0.4, 0.5) is 5.69 Å². The van der Waals surface area contributed by atoms with Crippen molar-refractivity contribution in [3.8, 4) is 11.5 Å². The minimum Gasteiger partial charge on any atom is -0.512 e. The molecule has 166 valence electrons. The number of aromatic hydroxyl groups is 1. The van der Waals surface area contributed by atoms with Crippen molar-refractivity contribution in [3.05, 3.63) is 101 Å². The van der Waals surface area contributed by atoms with Crippen LogP contribution < -0.4 is 9.46 Å². The van der Waals surface area contributed by atoms with E-state index in [1.807, 2.05) is 48.5 Å². The quantitative estimate of drug-likeness (QED) is 0.324. The van der Waals surface area contributed by atoms with Crippen molar-refractivity contribution in [1.82, 2.24) is 0 Å². The van der Waals surface area contributed by atoms with Crippen LogP contribution in [0.5, 0.6) is 11.5 Å². The summed E-state index contributed by atoms with van der Waals surface area (Å²) < 4.78 is 21.4. The number of rotatable bonds is 5. The third-order valence-corrected chi connectivity index (χ3v) is 7.07. The molecule has 0 saturated carbocycles. The van der Waals surface area contributed by atoms with Crippen LogP contribution in [0.1, 0.15) is 23.1 Å². The van der Waals surface area contributed by atoms with Crippen LogP contribution in [-0.2, 0) is 17.4 Å². The zero-order valence-corrected chi connectivity index (χ0v) is 18.9. The van der Waals surface area contributed by atoms with Crippen molar-refractivity contribution >= 4 is 33.0 Å². The molecule has 0 spiro atoms. The second-order valence-corrected chi connectivity index (χ2v) is 9.10. The van der Waals surface area contributed by atoms with Crippen LogP contribution in [0.3, 0.4) is 0 Å². The fourth-order valence-electron chi connectivity index (χ4n) is 4.31. The first-order valence-corrected chi connectivity index (χ1v) is 11.8. The highest BCUT2D eigenvalue weighted by molar-refractivity contribution is 7.86. The molecule has 0 fully saturated rings.